The van der Waals surface area contributed by atoms with Gasteiger partial charge in [-0.05, 0) is 24.1 Å². The van der Waals surface area contributed by atoms with Crippen molar-refractivity contribution < 1.29 is 14.3 Å². The average molecular weight is 396 g/mol. The summed E-state index contributed by atoms with van der Waals surface area (Å²) >= 11 is 1.36. The van der Waals surface area contributed by atoms with Gasteiger partial charge >= 0.3 is 6.09 Å². The summed E-state index contributed by atoms with van der Waals surface area (Å²) in [5.74, 6) is -0.147. The SMILES string of the molecule is O=C(CCCNC(=O)OCc1ccccc1)Nc1nc(-c2cccnc2)cs1. The molecule has 0 aliphatic rings. The van der Waals surface area contributed by atoms with Crippen LogP contribution in [0.1, 0.15) is 18.4 Å². The van der Waals surface area contributed by atoms with Crippen molar-refractivity contribution in [2.24, 2.45) is 0 Å². The van der Waals surface area contributed by atoms with Crippen molar-refractivity contribution in [1.82, 2.24) is 15.3 Å². The van der Waals surface area contributed by atoms with Crippen molar-refractivity contribution in [3.63, 3.8) is 0 Å². The highest BCUT2D eigenvalue weighted by Crippen LogP contribution is 2.24. The molecule has 8 heteroatoms. The molecule has 28 heavy (non-hydrogen) atoms. The normalized spacial score (nSPS) is 10.3. The summed E-state index contributed by atoms with van der Waals surface area (Å²) in [7, 11) is 0. The Balaban J connectivity index is 1.32. The molecule has 0 atom stereocenters. The number of hydrogen-bond acceptors (Lipinski definition) is 6. The van der Waals surface area contributed by atoms with E-state index in [0.717, 1.165) is 16.8 Å². The number of pyridine rings is 1. The summed E-state index contributed by atoms with van der Waals surface area (Å²) in [6.45, 7) is 0.580. The van der Waals surface area contributed by atoms with Gasteiger partial charge in [0.2, 0.25) is 5.91 Å². The lowest BCUT2D eigenvalue weighted by Crippen LogP contribution is -2.26. The minimum Gasteiger partial charge on any atom is -0.445 e. The van der Waals surface area contributed by atoms with Crippen LogP contribution in [0.25, 0.3) is 11.3 Å². The third kappa shape index (κ3) is 6.17. The van der Waals surface area contributed by atoms with E-state index in [0.29, 0.717) is 18.1 Å². The smallest absolute Gasteiger partial charge is 0.407 e. The fourth-order valence-corrected chi connectivity index (χ4v) is 3.11. The molecule has 2 heterocycles. The van der Waals surface area contributed by atoms with Crippen molar-refractivity contribution in [2.45, 2.75) is 19.4 Å². The third-order valence-electron chi connectivity index (χ3n) is 3.77. The van der Waals surface area contributed by atoms with Gasteiger partial charge in [-0.2, -0.15) is 0 Å². The first-order chi connectivity index (χ1) is 13.7. The zero-order chi connectivity index (χ0) is 19.6. The monoisotopic (exact) mass is 396 g/mol. The number of carbonyl (C=O) groups is 2. The van der Waals surface area contributed by atoms with Gasteiger partial charge < -0.3 is 15.4 Å². The Morgan fingerprint density at radius 3 is 2.75 bits per heavy atom. The summed E-state index contributed by atoms with van der Waals surface area (Å²) < 4.78 is 5.11. The first-order valence-electron chi connectivity index (χ1n) is 8.81. The summed E-state index contributed by atoms with van der Waals surface area (Å²) in [5, 5.41) is 7.82. The maximum Gasteiger partial charge on any atom is 0.407 e. The van der Waals surface area contributed by atoms with Crippen LogP contribution >= 0.6 is 11.3 Å². The molecular formula is C20H20N4O3S. The molecule has 0 unspecified atom stereocenters. The highest BCUT2D eigenvalue weighted by atomic mass is 32.1. The van der Waals surface area contributed by atoms with E-state index in [1.165, 1.54) is 11.3 Å². The minimum absolute atomic E-state index is 0.147. The van der Waals surface area contributed by atoms with Crippen molar-refractivity contribution in [2.75, 3.05) is 11.9 Å². The molecule has 3 rings (SSSR count). The molecule has 0 bridgehead atoms. The van der Waals surface area contributed by atoms with Gasteiger partial charge in [-0.3, -0.25) is 9.78 Å². The second-order valence-electron chi connectivity index (χ2n) is 5.92. The van der Waals surface area contributed by atoms with Crippen molar-refractivity contribution in [1.29, 1.82) is 0 Å². The van der Waals surface area contributed by atoms with E-state index in [4.69, 9.17) is 4.74 Å². The highest BCUT2D eigenvalue weighted by Gasteiger charge is 2.09. The second-order valence-corrected chi connectivity index (χ2v) is 6.78. The Morgan fingerprint density at radius 1 is 1.11 bits per heavy atom. The lowest BCUT2D eigenvalue weighted by atomic mass is 10.2. The molecule has 0 radical (unpaired) electrons. The predicted octanol–water partition coefficient (Wildman–Crippen LogP) is 3.85. The molecule has 0 aliphatic carbocycles. The number of nitrogens with zero attached hydrogens (tertiary/aromatic N) is 2. The number of carbonyl (C=O) groups excluding carboxylic acids is 2. The Hall–Kier alpha value is -3.26. The summed E-state index contributed by atoms with van der Waals surface area (Å²) in [6, 6.07) is 13.2. The molecule has 2 amide bonds. The lowest BCUT2D eigenvalue weighted by Gasteiger charge is -2.07. The van der Waals surface area contributed by atoms with Crippen LogP contribution in [0.2, 0.25) is 0 Å². The molecule has 1 aromatic carbocycles. The number of rotatable bonds is 8. The third-order valence-corrected chi connectivity index (χ3v) is 4.53. The van der Waals surface area contributed by atoms with Gasteiger partial charge in [0, 0.05) is 36.3 Å². The van der Waals surface area contributed by atoms with Crippen LogP contribution in [-0.4, -0.2) is 28.5 Å². The van der Waals surface area contributed by atoms with Crippen molar-refractivity contribution >= 4 is 28.5 Å². The summed E-state index contributed by atoms with van der Waals surface area (Å²) in [4.78, 5) is 32.1. The summed E-state index contributed by atoms with van der Waals surface area (Å²) in [6.07, 6.45) is 3.71. The Bertz CT molecular complexity index is 900. The van der Waals surface area contributed by atoms with E-state index in [2.05, 4.69) is 20.6 Å². The van der Waals surface area contributed by atoms with Gasteiger partial charge in [-0.25, -0.2) is 9.78 Å². The molecular weight excluding hydrogens is 376 g/mol. The Labute approximate surface area is 166 Å². The molecule has 0 saturated heterocycles. The van der Waals surface area contributed by atoms with E-state index < -0.39 is 6.09 Å². The molecule has 0 fully saturated rings. The molecule has 144 valence electrons. The number of aromatic nitrogens is 2. The molecule has 2 aromatic heterocycles. The second kappa shape index (κ2) is 10.2. The van der Waals surface area contributed by atoms with Crippen LogP contribution in [0, 0.1) is 0 Å². The zero-order valence-corrected chi connectivity index (χ0v) is 15.9. The number of benzene rings is 1. The quantitative estimate of drug-likeness (QED) is 0.564. The van der Waals surface area contributed by atoms with E-state index in [9.17, 15) is 9.59 Å². The predicted molar refractivity (Wildman–Crippen MR) is 108 cm³/mol. The van der Waals surface area contributed by atoms with Crippen molar-refractivity contribution in [3.05, 3.63) is 65.8 Å². The number of alkyl carbamates (subject to hydrolysis) is 1. The first kappa shape index (κ1) is 19.5. The summed E-state index contributed by atoms with van der Waals surface area (Å²) in [5.41, 5.74) is 2.60. The number of amides is 2. The Morgan fingerprint density at radius 2 is 1.96 bits per heavy atom. The van der Waals surface area contributed by atoms with E-state index >= 15 is 0 Å². The van der Waals surface area contributed by atoms with Crippen LogP contribution in [-0.2, 0) is 16.1 Å². The van der Waals surface area contributed by atoms with E-state index in [1.54, 1.807) is 12.4 Å². The zero-order valence-electron chi connectivity index (χ0n) is 15.1. The molecule has 0 aliphatic heterocycles. The molecule has 7 nitrogen and oxygen atoms in total. The average Bonchev–Trinajstić information content (AvgIpc) is 3.19. The standard InChI is InChI=1S/C20H20N4O3S/c25-18(24-19-23-17(14-28-19)16-8-4-10-21-12-16)9-5-11-22-20(26)27-13-15-6-2-1-3-7-15/h1-4,6-8,10,12,14H,5,9,11,13H2,(H,22,26)(H,23,24,25). The lowest BCUT2D eigenvalue weighted by molar-refractivity contribution is -0.116. The van der Waals surface area contributed by atoms with Crippen LogP contribution in [0.15, 0.2) is 60.2 Å². The minimum atomic E-state index is -0.495. The van der Waals surface area contributed by atoms with Gasteiger partial charge in [0.25, 0.3) is 0 Å². The number of thiazole rings is 1. The van der Waals surface area contributed by atoms with Gasteiger partial charge in [0.05, 0.1) is 5.69 Å². The van der Waals surface area contributed by atoms with Crippen LogP contribution < -0.4 is 10.6 Å². The first-order valence-corrected chi connectivity index (χ1v) is 9.69. The highest BCUT2D eigenvalue weighted by molar-refractivity contribution is 7.14. The number of hydrogen-bond donors (Lipinski definition) is 2. The molecule has 3 aromatic rings. The Kier molecular flexibility index (Phi) is 7.08. The van der Waals surface area contributed by atoms with E-state index in [-0.39, 0.29) is 18.9 Å². The van der Waals surface area contributed by atoms with Gasteiger partial charge in [0.1, 0.15) is 6.61 Å². The van der Waals surface area contributed by atoms with Gasteiger partial charge in [-0.15, -0.1) is 11.3 Å². The number of ether oxygens (including phenoxy) is 1. The number of nitrogens with one attached hydrogen (secondary N) is 2. The maximum absolute atomic E-state index is 12.0. The van der Waals surface area contributed by atoms with Gasteiger partial charge in [0.15, 0.2) is 5.13 Å². The maximum atomic E-state index is 12.0. The van der Waals surface area contributed by atoms with E-state index in [1.807, 2.05) is 47.8 Å². The topological polar surface area (TPSA) is 93.2 Å². The molecule has 2 N–H and O–H groups in total. The van der Waals surface area contributed by atoms with Crippen LogP contribution in [0.3, 0.4) is 0 Å². The fraction of sp³-hybridized carbons (Fsp3) is 0.200. The number of anilines is 1. The van der Waals surface area contributed by atoms with Crippen LogP contribution in [0.5, 0.6) is 0 Å². The largest absolute Gasteiger partial charge is 0.445 e. The van der Waals surface area contributed by atoms with Crippen molar-refractivity contribution in [3.8, 4) is 11.3 Å². The fourth-order valence-electron chi connectivity index (χ4n) is 2.37. The van der Waals surface area contributed by atoms with Gasteiger partial charge in [-0.1, -0.05) is 30.3 Å². The molecule has 0 spiro atoms. The van der Waals surface area contributed by atoms with Crippen LogP contribution in [0.4, 0.5) is 9.93 Å². The molecule has 0 saturated carbocycles.